The fraction of sp³-hybridized carbons (Fsp3) is 0.600. The van der Waals surface area contributed by atoms with Crippen LogP contribution in [0.4, 0.5) is 4.79 Å². The van der Waals surface area contributed by atoms with Crippen molar-refractivity contribution in [1.82, 2.24) is 40.5 Å². The third-order valence-electron chi connectivity index (χ3n) is 10.8. The Morgan fingerprint density at radius 3 is 2.46 bits per heavy atom. The first kappa shape index (κ1) is 37.3. The van der Waals surface area contributed by atoms with Crippen molar-refractivity contribution in [2.45, 2.75) is 105 Å². The third-order valence-corrected chi connectivity index (χ3v) is 12.6. The second kappa shape index (κ2) is 14.6. The molecular formula is C35H44N8O10S. The summed E-state index contributed by atoms with van der Waals surface area (Å²) < 4.78 is 43.3. The van der Waals surface area contributed by atoms with Gasteiger partial charge in [0.2, 0.25) is 33.3 Å². The van der Waals surface area contributed by atoms with Crippen molar-refractivity contribution in [3.05, 3.63) is 36.4 Å². The molecule has 4 fully saturated rings. The lowest BCUT2D eigenvalue weighted by Crippen LogP contribution is -2.58. The van der Waals surface area contributed by atoms with Crippen LogP contribution in [0.3, 0.4) is 0 Å². The number of fused-ring (bicyclic) bond motifs is 2. The molecule has 3 saturated carbocycles. The van der Waals surface area contributed by atoms with E-state index in [0.717, 1.165) is 6.42 Å². The first-order valence-corrected chi connectivity index (χ1v) is 19.8. The van der Waals surface area contributed by atoms with Gasteiger partial charge in [-0.15, -0.1) is 10.2 Å². The standard InChI is InChI=1S/C35H44N8O10S/c1-51-24-12-10-21(11-13-24)28-38-41-43(39-28)23-18-27-29(44)37-35(31(46)40-54(49,50)25-14-15-25)19-22(35)8-6-4-3-5-7-9-26(30(45)42(27)20-23)36-33(48)53-34(16-17-34)32(47)52-2/h6,8,10-13,22-23,25-27H,3-5,7,9,14-20H2,1-2H3,(H,36,48)(H,37,44)(H,40,46)/b8-6+/t22?,23-,26+,27+,35-/m1/s1. The minimum Gasteiger partial charge on any atom is -0.497 e. The number of tetrazole rings is 1. The smallest absolute Gasteiger partial charge is 0.408 e. The predicted octanol–water partition coefficient (Wildman–Crippen LogP) is 1.29. The second-order valence-electron chi connectivity index (χ2n) is 14.6. The van der Waals surface area contributed by atoms with E-state index in [9.17, 15) is 32.4 Å². The van der Waals surface area contributed by atoms with Crippen molar-refractivity contribution in [2.24, 2.45) is 5.92 Å². The van der Waals surface area contributed by atoms with Crippen molar-refractivity contribution in [3.8, 4) is 17.1 Å². The summed E-state index contributed by atoms with van der Waals surface area (Å²) in [6, 6.07) is 4.11. The normalized spacial score (nSPS) is 28.5. The lowest BCUT2D eigenvalue weighted by atomic mass is 10.0. The number of alkyl carbamates (subject to hydrolysis) is 1. The van der Waals surface area contributed by atoms with Gasteiger partial charge in [0.25, 0.3) is 5.91 Å². The van der Waals surface area contributed by atoms with Gasteiger partial charge in [0.05, 0.1) is 25.5 Å². The third kappa shape index (κ3) is 7.63. The Morgan fingerprint density at radius 1 is 1.02 bits per heavy atom. The molecule has 4 amide bonds. The van der Waals surface area contributed by atoms with Crippen LogP contribution in [0.1, 0.15) is 76.7 Å². The van der Waals surface area contributed by atoms with Crippen molar-refractivity contribution < 1.29 is 46.6 Å². The number of sulfonamides is 1. The first-order valence-electron chi connectivity index (χ1n) is 18.2. The van der Waals surface area contributed by atoms with Crippen LogP contribution in [-0.4, -0.2) is 113 Å². The first-order chi connectivity index (χ1) is 25.9. The number of amides is 4. The number of carbonyl (C=O) groups is 5. The van der Waals surface area contributed by atoms with Gasteiger partial charge in [-0.25, -0.2) is 18.0 Å². The van der Waals surface area contributed by atoms with E-state index < -0.39 is 80.2 Å². The number of esters is 1. The average molecular weight is 769 g/mol. The van der Waals surface area contributed by atoms with Crippen LogP contribution in [0.2, 0.25) is 0 Å². The van der Waals surface area contributed by atoms with Crippen LogP contribution in [0.5, 0.6) is 5.75 Å². The minimum absolute atomic E-state index is 0.0250. The molecule has 3 aliphatic carbocycles. The fourth-order valence-corrected chi connectivity index (χ4v) is 8.54. The summed E-state index contributed by atoms with van der Waals surface area (Å²) in [6.45, 7) is -0.0484. The molecule has 1 saturated heterocycles. The van der Waals surface area contributed by atoms with Crippen molar-refractivity contribution >= 4 is 39.8 Å². The highest BCUT2D eigenvalue weighted by atomic mass is 32.2. The summed E-state index contributed by atoms with van der Waals surface area (Å²) in [5, 5.41) is 17.8. The van der Waals surface area contributed by atoms with Crippen LogP contribution < -0.4 is 20.1 Å². The topological polar surface area (TPSA) is 230 Å². The van der Waals surface area contributed by atoms with Crippen LogP contribution in [0, 0.1) is 5.92 Å². The second-order valence-corrected chi connectivity index (χ2v) is 16.6. The monoisotopic (exact) mass is 768 g/mol. The number of methoxy groups -OCH3 is 2. The van der Waals surface area contributed by atoms with Crippen LogP contribution in [0.15, 0.2) is 36.4 Å². The highest BCUT2D eigenvalue weighted by Gasteiger charge is 2.62. The Kier molecular flexibility index (Phi) is 10.1. The number of nitrogens with zero attached hydrogens (tertiary/aromatic N) is 5. The number of hydrogen-bond donors (Lipinski definition) is 3. The number of ether oxygens (including phenoxy) is 3. The number of benzene rings is 1. The number of aromatic nitrogens is 4. The molecule has 1 aromatic carbocycles. The number of nitrogens with one attached hydrogen (secondary N) is 3. The number of rotatable bonds is 9. The van der Waals surface area contributed by atoms with Gasteiger partial charge in [0.15, 0.2) is 0 Å². The summed E-state index contributed by atoms with van der Waals surface area (Å²) in [7, 11) is -1.16. The summed E-state index contributed by atoms with van der Waals surface area (Å²) in [5.41, 5.74) is -2.28. The Hall–Kier alpha value is -5.07. The highest BCUT2D eigenvalue weighted by Crippen LogP contribution is 2.46. The number of allylic oxidation sites excluding steroid dienone is 1. The molecular weight excluding hydrogens is 724 g/mol. The van der Waals surface area contributed by atoms with Gasteiger partial charge in [-0.3, -0.25) is 19.1 Å². The maximum atomic E-state index is 14.5. The van der Waals surface area contributed by atoms with E-state index in [-0.39, 0.29) is 38.6 Å². The zero-order chi connectivity index (χ0) is 38.3. The molecule has 0 bridgehead atoms. The van der Waals surface area contributed by atoms with Gasteiger partial charge in [-0.2, -0.15) is 4.80 Å². The van der Waals surface area contributed by atoms with Crippen molar-refractivity contribution in [3.63, 3.8) is 0 Å². The Bertz CT molecular complexity index is 1940. The molecule has 2 aromatic rings. The van der Waals surface area contributed by atoms with E-state index in [0.29, 0.717) is 49.2 Å². The van der Waals surface area contributed by atoms with Gasteiger partial charge in [0, 0.05) is 37.3 Å². The fourth-order valence-electron chi connectivity index (χ4n) is 7.18. The van der Waals surface area contributed by atoms with Crippen LogP contribution in [-0.2, 0) is 38.7 Å². The summed E-state index contributed by atoms with van der Waals surface area (Å²) >= 11 is 0. The van der Waals surface area contributed by atoms with E-state index >= 15 is 0 Å². The predicted molar refractivity (Wildman–Crippen MR) is 188 cm³/mol. The molecule has 7 rings (SSSR count). The maximum Gasteiger partial charge on any atom is 0.408 e. The van der Waals surface area contributed by atoms with E-state index in [1.54, 1.807) is 31.4 Å². The van der Waals surface area contributed by atoms with Crippen molar-refractivity contribution in [1.29, 1.82) is 0 Å². The van der Waals surface area contributed by atoms with Gasteiger partial charge >= 0.3 is 12.1 Å². The van der Waals surface area contributed by atoms with E-state index in [1.807, 2.05) is 12.2 Å². The summed E-state index contributed by atoms with van der Waals surface area (Å²) in [4.78, 5) is 70.6. The Balaban J connectivity index is 1.17. The quantitative estimate of drug-likeness (QED) is 0.242. The Morgan fingerprint density at radius 2 is 1.78 bits per heavy atom. The van der Waals surface area contributed by atoms with Crippen LogP contribution in [0.25, 0.3) is 11.4 Å². The van der Waals surface area contributed by atoms with Gasteiger partial charge in [-0.1, -0.05) is 25.0 Å². The summed E-state index contributed by atoms with van der Waals surface area (Å²) in [6.07, 6.45) is 7.32. The molecule has 54 heavy (non-hydrogen) atoms. The molecule has 2 aliphatic heterocycles. The zero-order valence-corrected chi connectivity index (χ0v) is 30.9. The molecule has 19 heteroatoms. The minimum atomic E-state index is -3.92. The van der Waals surface area contributed by atoms with Gasteiger partial charge in [0.1, 0.15) is 23.4 Å². The average Bonchev–Trinajstić information content (AvgIpc) is 4.12. The van der Waals surface area contributed by atoms with Gasteiger partial charge in [-0.05, 0) is 68.0 Å². The van der Waals surface area contributed by atoms with Crippen molar-refractivity contribution in [2.75, 3.05) is 20.8 Å². The Labute approximate surface area is 311 Å². The SMILES string of the molecule is COC(=O)C1(OC(=O)N[C@H]2CCCCC/C=C/C3C[C@@]3(C(=O)NS(=O)(=O)C3CC3)NC(=O)[C@@H]3C[C@@H](n4nnc(-c5ccc(OC)cc5)n4)CN3C2=O)CC1. The van der Waals surface area contributed by atoms with E-state index in [1.165, 1.54) is 16.8 Å². The van der Waals surface area contributed by atoms with Crippen LogP contribution >= 0.6 is 0 Å². The lowest BCUT2D eigenvalue weighted by molar-refractivity contribution is -0.153. The molecule has 3 heterocycles. The molecule has 1 aromatic heterocycles. The maximum absolute atomic E-state index is 14.5. The lowest BCUT2D eigenvalue weighted by Gasteiger charge is -2.30. The zero-order valence-electron chi connectivity index (χ0n) is 30.1. The number of hydrogen-bond acceptors (Lipinski definition) is 13. The highest BCUT2D eigenvalue weighted by molar-refractivity contribution is 7.91. The molecule has 290 valence electrons. The van der Waals surface area contributed by atoms with Gasteiger partial charge < -0.3 is 29.7 Å². The molecule has 5 atom stereocenters. The molecule has 18 nitrogen and oxygen atoms in total. The van der Waals surface area contributed by atoms with E-state index in [2.05, 4.69) is 30.8 Å². The molecule has 0 radical (unpaired) electrons. The molecule has 0 spiro atoms. The molecule has 3 N–H and O–H groups in total. The molecule has 5 aliphatic rings. The summed E-state index contributed by atoms with van der Waals surface area (Å²) in [5.74, 6) is -2.27. The van der Waals surface area contributed by atoms with E-state index in [4.69, 9.17) is 14.2 Å². The molecule has 1 unspecified atom stereocenters. The largest absolute Gasteiger partial charge is 0.497 e. The number of carbonyl (C=O) groups excluding carboxylic acids is 5.